The SMILES string of the molecule is Cc1ccc(C(=O)N(CC2CCCN2)C2CC2)n1C. The molecular weight excluding hydrogens is 238 g/mol. The minimum atomic E-state index is 0.201. The highest BCUT2D eigenvalue weighted by molar-refractivity contribution is 5.93. The monoisotopic (exact) mass is 261 g/mol. The van der Waals surface area contributed by atoms with Crippen molar-refractivity contribution < 1.29 is 4.79 Å². The Morgan fingerprint density at radius 1 is 1.42 bits per heavy atom. The molecule has 4 nitrogen and oxygen atoms in total. The Morgan fingerprint density at radius 3 is 2.74 bits per heavy atom. The van der Waals surface area contributed by atoms with E-state index in [2.05, 4.69) is 10.2 Å². The van der Waals surface area contributed by atoms with Gasteiger partial charge in [0.2, 0.25) is 0 Å². The van der Waals surface area contributed by atoms with Crippen LogP contribution in [0.4, 0.5) is 0 Å². The highest BCUT2D eigenvalue weighted by Crippen LogP contribution is 2.29. The van der Waals surface area contributed by atoms with Gasteiger partial charge in [0.25, 0.3) is 5.91 Å². The maximum atomic E-state index is 12.7. The molecule has 0 radical (unpaired) electrons. The molecule has 1 saturated heterocycles. The summed E-state index contributed by atoms with van der Waals surface area (Å²) >= 11 is 0. The summed E-state index contributed by atoms with van der Waals surface area (Å²) in [5, 5.41) is 3.50. The van der Waals surface area contributed by atoms with Crippen molar-refractivity contribution >= 4 is 5.91 Å². The Bertz CT molecular complexity index is 470. The summed E-state index contributed by atoms with van der Waals surface area (Å²) in [7, 11) is 1.97. The van der Waals surface area contributed by atoms with Gasteiger partial charge >= 0.3 is 0 Å². The Balaban J connectivity index is 1.75. The standard InChI is InChI=1S/C15H23N3O/c1-11-5-8-14(17(11)2)15(19)18(13-6-7-13)10-12-4-3-9-16-12/h5,8,12-13,16H,3-4,6-7,9-10H2,1-2H3. The fourth-order valence-electron chi connectivity index (χ4n) is 2.91. The minimum Gasteiger partial charge on any atom is -0.344 e. The molecule has 1 aliphatic carbocycles. The molecule has 1 amide bonds. The van der Waals surface area contributed by atoms with Crippen LogP contribution in [0.2, 0.25) is 0 Å². The van der Waals surface area contributed by atoms with Crippen LogP contribution in [0, 0.1) is 6.92 Å². The van der Waals surface area contributed by atoms with Crippen molar-refractivity contribution in [3.8, 4) is 0 Å². The average molecular weight is 261 g/mol. The summed E-state index contributed by atoms with van der Waals surface area (Å²) in [5.74, 6) is 0.201. The first kappa shape index (κ1) is 12.7. The zero-order valence-corrected chi connectivity index (χ0v) is 11.9. The second kappa shape index (κ2) is 5.00. The van der Waals surface area contributed by atoms with Crippen LogP contribution < -0.4 is 5.32 Å². The molecule has 104 valence electrons. The Morgan fingerprint density at radius 2 is 2.21 bits per heavy atom. The van der Waals surface area contributed by atoms with E-state index >= 15 is 0 Å². The van der Waals surface area contributed by atoms with E-state index in [4.69, 9.17) is 0 Å². The lowest BCUT2D eigenvalue weighted by atomic mass is 10.2. The first-order valence-electron chi connectivity index (χ1n) is 7.33. The van der Waals surface area contributed by atoms with Gasteiger partial charge in [0.05, 0.1) is 0 Å². The van der Waals surface area contributed by atoms with Crippen LogP contribution in [-0.2, 0) is 7.05 Å². The van der Waals surface area contributed by atoms with Gasteiger partial charge in [0.1, 0.15) is 5.69 Å². The van der Waals surface area contributed by atoms with Gasteiger partial charge in [-0.05, 0) is 51.3 Å². The van der Waals surface area contributed by atoms with Gasteiger partial charge in [-0.1, -0.05) is 0 Å². The van der Waals surface area contributed by atoms with Gasteiger partial charge in [0.15, 0.2) is 0 Å². The van der Waals surface area contributed by atoms with E-state index < -0.39 is 0 Å². The quantitative estimate of drug-likeness (QED) is 0.895. The van der Waals surface area contributed by atoms with Crippen LogP contribution in [0.25, 0.3) is 0 Å². The average Bonchev–Trinajstić information content (AvgIpc) is 3.01. The second-order valence-electron chi connectivity index (χ2n) is 5.90. The van der Waals surface area contributed by atoms with Crippen LogP contribution in [-0.4, -0.2) is 40.5 Å². The summed E-state index contributed by atoms with van der Waals surface area (Å²) in [6, 6.07) is 4.94. The van der Waals surface area contributed by atoms with Crippen molar-refractivity contribution in [3.05, 3.63) is 23.5 Å². The van der Waals surface area contributed by atoms with Crippen LogP contribution >= 0.6 is 0 Å². The number of aromatic nitrogens is 1. The number of carbonyl (C=O) groups excluding carboxylic acids is 1. The van der Waals surface area contributed by atoms with E-state index in [1.807, 2.05) is 30.7 Å². The first-order chi connectivity index (χ1) is 9.16. The molecule has 1 aromatic heterocycles. The molecule has 2 heterocycles. The van der Waals surface area contributed by atoms with Gasteiger partial charge in [-0.2, -0.15) is 0 Å². The van der Waals surface area contributed by atoms with E-state index in [9.17, 15) is 4.79 Å². The highest BCUT2D eigenvalue weighted by Gasteiger charge is 2.35. The van der Waals surface area contributed by atoms with Gasteiger partial charge in [-0.3, -0.25) is 4.79 Å². The van der Waals surface area contributed by atoms with Crippen molar-refractivity contribution in [2.24, 2.45) is 7.05 Å². The van der Waals surface area contributed by atoms with Crippen molar-refractivity contribution in [2.45, 2.75) is 44.7 Å². The molecule has 2 aliphatic rings. The number of carbonyl (C=O) groups is 1. The van der Waals surface area contributed by atoms with Crippen molar-refractivity contribution in [3.63, 3.8) is 0 Å². The fourth-order valence-corrected chi connectivity index (χ4v) is 2.91. The third kappa shape index (κ3) is 2.54. The third-order valence-electron chi connectivity index (χ3n) is 4.42. The lowest BCUT2D eigenvalue weighted by Crippen LogP contribution is -2.43. The molecule has 0 aromatic carbocycles. The van der Waals surface area contributed by atoms with E-state index in [1.54, 1.807) is 0 Å². The maximum absolute atomic E-state index is 12.7. The zero-order valence-electron chi connectivity index (χ0n) is 11.9. The number of hydrogen-bond acceptors (Lipinski definition) is 2. The first-order valence-corrected chi connectivity index (χ1v) is 7.33. The van der Waals surface area contributed by atoms with Gasteiger partial charge in [-0.15, -0.1) is 0 Å². The van der Waals surface area contributed by atoms with Crippen molar-refractivity contribution in [1.82, 2.24) is 14.8 Å². The lowest BCUT2D eigenvalue weighted by molar-refractivity contribution is 0.0718. The third-order valence-corrected chi connectivity index (χ3v) is 4.42. The molecule has 1 aliphatic heterocycles. The molecule has 1 aromatic rings. The van der Waals surface area contributed by atoms with Crippen LogP contribution in [0.5, 0.6) is 0 Å². The summed E-state index contributed by atoms with van der Waals surface area (Å²) in [5.41, 5.74) is 1.96. The summed E-state index contributed by atoms with van der Waals surface area (Å²) in [6.45, 7) is 4.01. The van der Waals surface area contributed by atoms with Crippen LogP contribution in [0.1, 0.15) is 41.9 Å². The molecule has 0 spiro atoms. The Labute approximate surface area is 114 Å². The predicted molar refractivity (Wildman–Crippen MR) is 75.2 cm³/mol. The van der Waals surface area contributed by atoms with Gasteiger partial charge in [0, 0.05) is 31.4 Å². The molecule has 3 rings (SSSR count). The van der Waals surface area contributed by atoms with Crippen molar-refractivity contribution in [2.75, 3.05) is 13.1 Å². The zero-order chi connectivity index (χ0) is 13.4. The molecule has 1 saturated carbocycles. The lowest BCUT2D eigenvalue weighted by Gasteiger charge is -2.26. The molecule has 0 bridgehead atoms. The number of nitrogens with zero attached hydrogens (tertiary/aromatic N) is 2. The number of amides is 1. The number of aryl methyl sites for hydroxylation is 1. The van der Waals surface area contributed by atoms with E-state index in [0.29, 0.717) is 12.1 Å². The molecule has 2 fully saturated rings. The van der Waals surface area contributed by atoms with Gasteiger partial charge in [-0.25, -0.2) is 0 Å². The number of hydrogen-bond donors (Lipinski definition) is 1. The summed E-state index contributed by atoms with van der Waals surface area (Å²) in [6.07, 6.45) is 4.77. The van der Waals surface area contributed by atoms with Crippen LogP contribution in [0.15, 0.2) is 12.1 Å². The largest absolute Gasteiger partial charge is 0.344 e. The second-order valence-corrected chi connectivity index (χ2v) is 5.90. The number of rotatable bonds is 4. The molecule has 1 N–H and O–H groups in total. The molecule has 1 unspecified atom stereocenters. The maximum Gasteiger partial charge on any atom is 0.270 e. The summed E-state index contributed by atoms with van der Waals surface area (Å²) < 4.78 is 2.00. The molecular formula is C15H23N3O. The molecule has 1 atom stereocenters. The van der Waals surface area contributed by atoms with E-state index in [1.165, 1.54) is 25.7 Å². The Hall–Kier alpha value is -1.29. The summed E-state index contributed by atoms with van der Waals surface area (Å²) in [4.78, 5) is 14.8. The molecule has 4 heteroatoms. The van der Waals surface area contributed by atoms with Crippen LogP contribution in [0.3, 0.4) is 0 Å². The normalized spacial score (nSPS) is 22.7. The smallest absolute Gasteiger partial charge is 0.270 e. The highest BCUT2D eigenvalue weighted by atomic mass is 16.2. The number of nitrogens with one attached hydrogen (secondary N) is 1. The topological polar surface area (TPSA) is 37.3 Å². The predicted octanol–water partition coefficient (Wildman–Crippen LogP) is 1.69. The van der Waals surface area contributed by atoms with Crippen molar-refractivity contribution in [1.29, 1.82) is 0 Å². The van der Waals surface area contributed by atoms with E-state index in [0.717, 1.165) is 24.5 Å². The minimum absolute atomic E-state index is 0.201. The molecule has 19 heavy (non-hydrogen) atoms. The van der Waals surface area contributed by atoms with Gasteiger partial charge < -0.3 is 14.8 Å². The van der Waals surface area contributed by atoms with E-state index in [-0.39, 0.29) is 5.91 Å². The fraction of sp³-hybridized carbons (Fsp3) is 0.667. The Kier molecular flexibility index (Phi) is 3.35.